The summed E-state index contributed by atoms with van der Waals surface area (Å²) in [5, 5.41) is 6.01. The van der Waals surface area contributed by atoms with E-state index in [-0.39, 0.29) is 30.3 Å². The van der Waals surface area contributed by atoms with Crippen LogP contribution in [0.25, 0.3) is 0 Å². The second kappa shape index (κ2) is 9.51. The first-order valence-electron chi connectivity index (χ1n) is 9.35. The lowest BCUT2D eigenvalue weighted by atomic mass is 9.97. The van der Waals surface area contributed by atoms with E-state index in [0.29, 0.717) is 0 Å². The quantitative estimate of drug-likeness (QED) is 0.654. The first kappa shape index (κ1) is 19.4. The fourth-order valence-electron chi connectivity index (χ4n) is 3.24. The van der Waals surface area contributed by atoms with Gasteiger partial charge in [-0.05, 0) is 16.7 Å². The molecule has 3 rings (SSSR count). The summed E-state index contributed by atoms with van der Waals surface area (Å²) in [6.07, 6.45) is 0.166. The van der Waals surface area contributed by atoms with Crippen LogP contribution in [-0.4, -0.2) is 11.8 Å². The van der Waals surface area contributed by atoms with Crippen molar-refractivity contribution in [2.45, 2.75) is 25.4 Å². The maximum Gasteiger partial charge on any atom is 0.223 e. The Hall–Kier alpha value is -3.40. The molecule has 0 spiro atoms. The van der Waals surface area contributed by atoms with E-state index in [1.807, 2.05) is 91.0 Å². The van der Waals surface area contributed by atoms with Gasteiger partial charge in [-0.15, -0.1) is 0 Å². The Balaban J connectivity index is 1.80. The SMILES string of the molecule is CC(=O)N[C@H](CC(=O)NC(c1ccccc1)c1ccccc1)c1ccccc1. The van der Waals surface area contributed by atoms with E-state index in [9.17, 15) is 9.59 Å². The van der Waals surface area contributed by atoms with Crippen LogP contribution in [0.15, 0.2) is 91.0 Å². The highest BCUT2D eigenvalue weighted by atomic mass is 16.2. The van der Waals surface area contributed by atoms with E-state index >= 15 is 0 Å². The minimum Gasteiger partial charge on any atom is -0.349 e. The van der Waals surface area contributed by atoms with E-state index < -0.39 is 0 Å². The van der Waals surface area contributed by atoms with Crippen LogP contribution >= 0.6 is 0 Å². The van der Waals surface area contributed by atoms with Crippen LogP contribution in [0.4, 0.5) is 0 Å². The largest absolute Gasteiger partial charge is 0.349 e. The summed E-state index contributed by atoms with van der Waals surface area (Å²) in [5.41, 5.74) is 2.93. The molecule has 0 saturated heterocycles. The summed E-state index contributed by atoms with van der Waals surface area (Å²) in [6, 6.07) is 28.7. The maximum absolute atomic E-state index is 12.9. The van der Waals surface area contributed by atoms with Crippen molar-refractivity contribution in [1.82, 2.24) is 10.6 Å². The summed E-state index contributed by atoms with van der Waals surface area (Å²) in [6.45, 7) is 1.46. The van der Waals surface area contributed by atoms with Crippen LogP contribution in [0, 0.1) is 0 Å². The Morgan fingerprint density at radius 2 is 1.11 bits per heavy atom. The lowest BCUT2D eigenvalue weighted by molar-refractivity contribution is -0.123. The van der Waals surface area contributed by atoms with Gasteiger partial charge in [0.05, 0.1) is 18.5 Å². The van der Waals surface area contributed by atoms with Crippen molar-refractivity contribution in [2.24, 2.45) is 0 Å². The molecular weight excluding hydrogens is 348 g/mol. The number of rotatable bonds is 7. The van der Waals surface area contributed by atoms with Crippen LogP contribution in [-0.2, 0) is 9.59 Å². The van der Waals surface area contributed by atoms with Crippen molar-refractivity contribution in [3.8, 4) is 0 Å². The molecule has 0 aliphatic rings. The standard InChI is InChI=1S/C24H24N2O2/c1-18(27)25-22(19-11-5-2-6-12-19)17-23(28)26-24(20-13-7-3-8-14-20)21-15-9-4-10-16-21/h2-16,22,24H,17H2,1H3,(H,25,27)(H,26,28)/t22-/m1/s1. The maximum atomic E-state index is 12.9. The highest BCUT2D eigenvalue weighted by Crippen LogP contribution is 2.23. The van der Waals surface area contributed by atoms with Gasteiger partial charge in [-0.3, -0.25) is 9.59 Å². The average molecular weight is 372 g/mol. The van der Waals surface area contributed by atoms with Gasteiger partial charge in [0, 0.05) is 6.92 Å². The molecule has 4 heteroatoms. The third-order valence-electron chi connectivity index (χ3n) is 4.54. The van der Waals surface area contributed by atoms with Crippen molar-refractivity contribution in [2.75, 3.05) is 0 Å². The second-order valence-corrected chi connectivity index (χ2v) is 6.69. The predicted octanol–water partition coefficient (Wildman–Crippen LogP) is 4.16. The number of hydrogen-bond acceptors (Lipinski definition) is 2. The molecule has 3 aromatic rings. The van der Waals surface area contributed by atoms with Crippen LogP contribution in [0.3, 0.4) is 0 Å². The zero-order valence-corrected chi connectivity index (χ0v) is 15.8. The van der Waals surface area contributed by atoms with Crippen molar-refractivity contribution in [3.63, 3.8) is 0 Å². The Labute approximate surface area is 165 Å². The number of benzene rings is 3. The second-order valence-electron chi connectivity index (χ2n) is 6.69. The Bertz CT molecular complexity index is 856. The van der Waals surface area contributed by atoms with Gasteiger partial charge < -0.3 is 10.6 Å². The first-order chi connectivity index (χ1) is 13.6. The fourth-order valence-corrected chi connectivity index (χ4v) is 3.24. The number of hydrogen-bond donors (Lipinski definition) is 2. The fraction of sp³-hybridized carbons (Fsp3) is 0.167. The van der Waals surface area contributed by atoms with Crippen LogP contribution in [0.2, 0.25) is 0 Å². The molecule has 4 nitrogen and oxygen atoms in total. The highest BCUT2D eigenvalue weighted by Gasteiger charge is 2.21. The van der Waals surface area contributed by atoms with Crippen LogP contribution in [0.5, 0.6) is 0 Å². The zero-order valence-electron chi connectivity index (χ0n) is 15.8. The minimum absolute atomic E-state index is 0.125. The molecule has 0 saturated carbocycles. The Kier molecular flexibility index (Phi) is 6.58. The van der Waals surface area contributed by atoms with Crippen LogP contribution in [0.1, 0.15) is 42.1 Å². The molecule has 28 heavy (non-hydrogen) atoms. The van der Waals surface area contributed by atoms with Gasteiger partial charge in [0.1, 0.15) is 0 Å². The van der Waals surface area contributed by atoms with Crippen molar-refractivity contribution >= 4 is 11.8 Å². The monoisotopic (exact) mass is 372 g/mol. The number of amides is 2. The smallest absolute Gasteiger partial charge is 0.223 e. The molecule has 0 aromatic heterocycles. The Morgan fingerprint density at radius 3 is 1.54 bits per heavy atom. The van der Waals surface area contributed by atoms with E-state index in [1.54, 1.807) is 0 Å². The van der Waals surface area contributed by atoms with E-state index in [1.165, 1.54) is 6.92 Å². The summed E-state index contributed by atoms with van der Waals surface area (Å²) in [5.74, 6) is -0.287. The van der Waals surface area contributed by atoms with E-state index in [0.717, 1.165) is 16.7 Å². The number of carbonyl (C=O) groups is 2. The van der Waals surface area contributed by atoms with Crippen LogP contribution < -0.4 is 10.6 Å². The van der Waals surface area contributed by atoms with Gasteiger partial charge in [-0.25, -0.2) is 0 Å². The van der Waals surface area contributed by atoms with Crippen molar-refractivity contribution in [1.29, 1.82) is 0 Å². The van der Waals surface area contributed by atoms with Gasteiger partial charge in [0.2, 0.25) is 11.8 Å². The first-order valence-corrected chi connectivity index (χ1v) is 9.35. The van der Waals surface area contributed by atoms with Gasteiger partial charge in [0.15, 0.2) is 0 Å². The molecule has 0 bridgehead atoms. The van der Waals surface area contributed by atoms with Gasteiger partial charge in [-0.1, -0.05) is 91.0 Å². The van der Waals surface area contributed by atoms with Gasteiger partial charge in [-0.2, -0.15) is 0 Å². The lowest BCUT2D eigenvalue weighted by Gasteiger charge is -2.23. The third-order valence-corrected chi connectivity index (χ3v) is 4.54. The van der Waals surface area contributed by atoms with Crippen molar-refractivity contribution < 1.29 is 9.59 Å². The molecule has 0 aliphatic heterocycles. The summed E-state index contributed by atoms with van der Waals surface area (Å²) >= 11 is 0. The summed E-state index contributed by atoms with van der Waals surface area (Å²) < 4.78 is 0. The highest BCUT2D eigenvalue weighted by molar-refractivity contribution is 5.79. The molecule has 0 aliphatic carbocycles. The molecule has 2 N–H and O–H groups in total. The lowest BCUT2D eigenvalue weighted by Crippen LogP contribution is -2.34. The average Bonchev–Trinajstić information content (AvgIpc) is 2.73. The summed E-state index contributed by atoms with van der Waals surface area (Å²) in [7, 11) is 0. The predicted molar refractivity (Wildman–Crippen MR) is 110 cm³/mol. The third kappa shape index (κ3) is 5.30. The molecule has 1 atom stereocenters. The zero-order chi connectivity index (χ0) is 19.8. The minimum atomic E-state index is -0.370. The van der Waals surface area contributed by atoms with Gasteiger partial charge >= 0.3 is 0 Å². The molecule has 142 valence electrons. The summed E-state index contributed by atoms with van der Waals surface area (Å²) in [4.78, 5) is 24.5. The number of carbonyl (C=O) groups excluding carboxylic acids is 2. The Morgan fingerprint density at radius 1 is 0.679 bits per heavy atom. The normalized spacial score (nSPS) is 11.6. The molecule has 3 aromatic carbocycles. The van der Waals surface area contributed by atoms with Gasteiger partial charge in [0.25, 0.3) is 0 Å². The molecular formula is C24H24N2O2. The topological polar surface area (TPSA) is 58.2 Å². The molecule has 0 radical (unpaired) electrons. The molecule has 0 fully saturated rings. The van der Waals surface area contributed by atoms with E-state index in [4.69, 9.17) is 0 Å². The number of nitrogens with one attached hydrogen (secondary N) is 2. The molecule has 0 heterocycles. The molecule has 0 unspecified atom stereocenters. The van der Waals surface area contributed by atoms with E-state index in [2.05, 4.69) is 10.6 Å². The molecule has 2 amide bonds. The van der Waals surface area contributed by atoms with Crippen molar-refractivity contribution in [3.05, 3.63) is 108 Å².